The average Bonchev–Trinajstić information content (AvgIpc) is 2.93. The molecule has 0 aliphatic carbocycles. The molecule has 10 heteroatoms. The monoisotopic (exact) mass is 449 g/mol. The molecule has 1 aliphatic heterocycles. The Morgan fingerprint density at radius 2 is 2.03 bits per heavy atom. The summed E-state index contributed by atoms with van der Waals surface area (Å²) in [7, 11) is 1.53. The molecular formula is C23H17F2N5O3. The molecule has 0 fully saturated rings. The van der Waals surface area contributed by atoms with Gasteiger partial charge in [-0.15, -0.1) is 0 Å². The van der Waals surface area contributed by atoms with E-state index in [-0.39, 0.29) is 23.7 Å². The second-order valence-electron chi connectivity index (χ2n) is 7.38. The Bertz CT molecular complexity index is 1320. The van der Waals surface area contributed by atoms with Gasteiger partial charge in [0, 0.05) is 24.9 Å². The van der Waals surface area contributed by atoms with Gasteiger partial charge in [-0.25, -0.2) is 18.7 Å². The first-order valence-corrected chi connectivity index (χ1v) is 9.83. The first-order valence-electron chi connectivity index (χ1n) is 9.83. The van der Waals surface area contributed by atoms with Crippen LogP contribution >= 0.6 is 0 Å². The molecular weight excluding hydrogens is 432 g/mol. The van der Waals surface area contributed by atoms with Gasteiger partial charge in [-0.2, -0.15) is 5.26 Å². The lowest BCUT2D eigenvalue weighted by molar-refractivity contribution is -0.120. The lowest BCUT2D eigenvalue weighted by atomic mass is 10.1. The Balaban J connectivity index is 1.58. The smallest absolute Gasteiger partial charge is 0.289 e. The van der Waals surface area contributed by atoms with Crippen LogP contribution in [-0.2, 0) is 4.79 Å². The Labute approximate surface area is 187 Å². The summed E-state index contributed by atoms with van der Waals surface area (Å²) in [5, 5.41) is 11.6. The van der Waals surface area contributed by atoms with Crippen molar-refractivity contribution in [2.45, 2.75) is 13.0 Å². The zero-order chi connectivity index (χ0) is 23.7. The van der Waals surface area contributed by atoms with Crippen LogP contribution in [0.2, 0.25) is 0 Å². The van der Waals surface area contributed by atoms with E-state index in [1.807, 2.05) is 6.07 Å². The summed E-state index contributed by atoms with van der Waals surface area (Å²) >= 11 is 0. The standard InChI is InChI=1S/C23H17F2N5O3/c1-12-10-27-21(29-20(12)14-4-5-15(24)16(25)8-14)22(31)28-17-11-33-19-7-13(9-26)3-6-18(19)30(2)23(17)32/h3-8,10,17H,11H2,1-2H3,(H,28,31). The van der Waals surface area contributed by atoms with E-state index in [1.54, 1.807) is 19.1 Å². The van der Waals surface area contributed by atoms with Crippen LogP contribution in [0.5, 0.6) is 5.75 Å². The number of aryl methyl sites for hydroxylation is 1. The average molecular weight is 449 g/mol. The van der Waals surface area contributed by atoms with Gasteiger partial charge in [-0.1, -0.05) is 0 Å². The third-order valence-electron chi connectivity index (χ3n) is 5.16. The second-order valence-corrected chi connectivity index (χ2v) is 7.38. The Morgan fingerprint density at radius 1 is 1.24 bits per heavy atom. The number of benzene rings is 2. The maximum atomic E-state index is 13.7. The number of carbonyl (C=O) groups is 2. The van der Waals surface area contributed by atoms with Crippen LogP contribution in [0.3, 0.4) is 0 Å². The molecule has 0 bridgehead atoms. The maximum Gasteiger partial charge on any atom is 0.289 e. The predicted octanol–water partition coefficient (Wildman–Crippen LogP) is 2.76. The minimum absolute atomic E-state index is 0.168. The number of halogens is 2. The van der Waals surface area contributed by atoms with Crippen molar-refractivity contribution in [3.8, 4) is 23.1 Å². The summed E-state index contributed by atoms with van der Waals surface area (Å²) in [5.74, 6) is -3.11. The fourth-order valence-electron chi connectivity index (χ4n) is 3.39. The van der Waals surface area contributed by atoms with Gasteiger partial charge in [0.05, 0.1) is 23.0 Å². The number of anilines is 1. The summed E-state index contributed by atoms with van der Waals surface area (Å²) in [6.07, 6.45) is 1.38. The van der Waals surface area contributed by atoms with Crippen molar-refractivity contribution in [2.75, 3.05) is 18.6 Å². The summed E-state index contributed by atoms with van der Waals surface area (Å²) in [4.78, 5) is 35.2. The fraction of sp³-hybridized carbons (Fsp3) is 0.174. The molecule has 2 amide bonds. The summed E-state index contributed by atoms with van der Waals surface area (Å²) in [6, 6.07) is 8.93. The lowest BCUT2D eigenvalue weighted by Crippen LogP contribution is -2.49. The van der Waals surface area contributed by atoms with Gasteiger partial charge in [0.1, 0.15) is 18.4 Å². The van der Waals surface area contributed by atoms with E-state index in [4.69, 9.17) is 10.00 Å². The number of hydrogen-bond acceptors (Lipinski definition) is 6. The van der Waals surface area contributed by atoms with E-state index in [2.05, 4.69) is 15.3 Å². The van der Waals surface area contributed by atoms with Crippen molar-refractivity contribution >= 4 is 17.5 Å². The van der Waals surface area contributed by atoms with Crippen molar-refractivity contribution in [3.63, 3.8) is 0 Å². The van der Waals surface area contributed by atoms with Gasteiger partial charge < -0.3 is 15.0 Å². The lowest BCUT2D eigenvalue weighted by Gasteiger charge is -2.20. The van der Waals surface area contributed by atoms with E-state index in [0.29, 0.717) is 22.6 Å². The van der Waals surface area contributed by atoms with E-state index < -0.39 is 29.5 Å². The number of amides is 2. The molecule has 33 heavy (non-hydrogen) atoms. The molecule has 4 rings (SSSR count). The number of aromatic nitrogens is 2. The number of likely N-dealkylation sites (N-methyl/N-ethyl adjacent to an activating group) is 1. The van der Waals surface area contributed by atoms with E-state index in [0.717, 1.165) is 12.1 Å². The second kappa shape index (κ2) is 8.63. The van der Waals surface area contributed by atoms with E-state index in [9.17, 15) is 18.4 Å². The van der Waals surface area contributed by atoms with Crippen LogP contribution in [0.1, 0.15) is 21.7 Å². The molecule has 0 saturated carbocycles. The van der Waals surface area contributed by atoms with Crippen molar-refractivity contribution in [3.05, 3.63) is 71.2 Å². The SMILES string of the molecule is Cc1cnc(C(=O)NC2COc3cc(C#N)ccc3N(C)C2=O)nc1-c1ccc(F)c(F)c1. The molecule has 1 atom stereocenters. The number of carbonyl (C=O) groups excluding carboxylic acids is 2. The first kappa shape index (κ1) is 21.8. The highest BCUT2D eigenvalue weighted by Crippen LogP contribution is 2.31. The zero-order valence-corrected chi connectivity index (χ0v) is 17.6. The summed E-state index contributed by atoms with van der Waals surface area (Å²) < 4.78 is 32.6. The van der Waals surface area contributed by atoms with Gasteiger partial charge >= 0.3 is 0 Å². The highest BCUT2D eigenvalue weighted by molar-refractivity contribution is 6.02. The zero-order valence-electron chi connectivity index (χ0n) is 17.6. The van der Waals surface area contributed by atoms with Gasteiger partial charge in [-0.05, 0) is 42.8 Å². The van der Waals surface area contributed by atoms with E-state index >= 15 is 0 Å². The number of ether oxygens (including phenoxy) is 1. The van der Waals surface area contributed by atoms with Gasteiger partial charge in [0.25, 0.3) is 11.8 Å². The van der Waals surface area contributed by atoms with E-state index in [1.165, 1.54) is 30.3 Å². The quantitative estimate of drug-likeness (QED) is 0.659. The molecule has 3 aromatic rings. The van der Waals surface area contributed by atoms with Crippen LogP contribution in [0.15, 0.2) is 42.6 Å². The molecule has 0 saturated heterocycles. The molecule has 0 radical (unpaired) electrons. The number of rotatable bonds is 3. The largest absolute Gasteiger partial charge is 0.489 e. The van der Waals surface area contributed by atoms with Gasteiger partial charge in [0.15, 0.2) is 11.6 Å². The van der Waals surface area contributed by atoms with Crippen LogP contribution in [-0.4, -0.2) is 41.5 Å². The Hall–Kier alpha value is -4.39. The number of nitriles is 1. The molecule has 2 heterocycles. The van der Waals surface area contributed by atoms with Crippen molar-refractivity contribution in [1.29, 1.82) is 5.26 Å². The minimum atomic E-state index is -1.04. The fourth-order valence-corrected chi connectivity index (χ4v) is 3.39. The van der Waals surface area contributed by atoms with Crippen LogP contribution in [0.25, 0.3) is 11.3 Å². The third kappa shape index (κ3) is 4.21. The van der Waals surface area contributed by atoms with Gasteiger partial charge in [0.2, 0.25) is 5.82 Å². The van der Waals surface area contributed by atoms with Crippen LogP contribution in [0, 0.1) is 29.9 Å². The predicted molar refractivity (Wildman–Crippen MR) is 113 cm³/mol. The molecule has 1 N–H and O–H groups in total. The van der Waals surface area contributed by atoms with Gasteiger partial charge in [-0.3, -0.25) is 9.59 Å². The van der Waals surface area contributed by atoms with Crippen LogP contribution < -0.4 is 15.0 Å². The Morgan fingerprint density at radius 3 is 2.76 bits per heavy atom. The topological polar surface area (TPSA) is 108 Å². The highest BCUT2D eigenvalue weighted by atomic mass is 19.2. The Kier molecular flexibility index (Phi) is 5.70. The molecule has 8 nitrogen and oxygen atoms in total. The van der Waals surface area contributed by atoms with Crippen molar-refractivity contribution < 1.29 is 23.1 Å². The number of nitrogens with one attached hydrogen (secondary N) is 1. The third-order valence-corrected chi connectivity index (χ3v) is 5.16. The number of fused-ring (bicyclic) bond motifs is 1. The summed E-state index contributed by atoms with van der Waals surface area (Å²) in [6.45, 7) is 1.50. The molecule has 166 valence electrons. The van der Waals surface area contributed by atoms with Crippen molar-refractivity contribution in [2.24, 2.45) is 0 Å². The normalized spacial score (nSPS) is 15.2. The molecule has 1 aliphatic rings. The maximum absolute atomic E-state index is 13.7. The van der Waals surface area contributed by atoms with Crippen LogP contribution in [0.4, 0.5) is 14.5 Å². The minimum Gasteiger partial charge on any atom is -0.489 e. The number of nitrogens with zero attached hydrogens (tertiary/aromatic N) is 4. The van der Waals surface area contributed by atoms with Crippen molar-refractivity contribution in [1.82, 2.24) is 15.3 Å². The molecule has 1 aromatic heterocycles. The molecule has 1 unspecified atom stereocenters. The molecule has 0 spiro atoms. The molecule has 2 aromatic carbocycles. The summed E-state index contributed by atoms with van der Waals surface area (Å²) in [5.41, 5.74) is 1.92. The highest BCUT2D eigenvalue weighted by Gasteiger charge is 2.31. The first-order chi connectivity index (χ1) is 15.8. The number of hydrogen-bond donors (Lipinski definition) is 1.